The zero-order chi connectivity index (χ0) is 20.3. The van der Waals surface area contributed by atoms with Gasteiger partial charge in [-0.2, -0.15) is 0 Å². The van der Waals surface area contributed by atoms with Crippen molar-refractivity contribution < 1.29 is 13.9 Å². The number of carbonyl (C=O) groups excluding carboxylic acids is 1. The van der Waals surface area contributed by atoms with Gasteiger partial charge in [0.2, 0.25) is 0 Å². The number of fused-ring (bicyclic) bond motifs is 1. The number of ether oxygens (including phenoxy) is 1. The molecular weight excluding hydrogens is 443 g/mol. The van der Waals surface area contributed by atoms with E-state index >= 15 is 0 Å². The van der Waals surface area contributed by atoms with E-state index in [0.717, 1.165) is 26.5 Å². The van der Waals surface area contributed by atoms with Gasteiger partial charge < -0.3 is 9.64 Å². The number of benzene rings is 2. The minimum atomic E-state index is -0.342. The standard InChI is InChI=1S/C21H18BrFN2O2S/c1-3-27-20(26)12-25(2)21(28)17-11-19(13-4-7-15(23)8-5-13)24-18-9-6-14(22)10-16(17)18/h4-11H,3,12H2,1-2H3. The maximum Gasteiger partial charge on any atom is 0.325 e. The van der Waals surface area contributed by atoms with Crippen molar-refractivity contribution in [2.75, 3.05) is 20.2 Å². The molecule has 0 unspecified atom stereocenters. The van der Waals surface area contributed by atoms with Crippen molar-refractivity contribution in [3.8, 4) is 11.3 Å². The molecule has 3 aromatic rings. The predicted octanol–water partition coefficient (Wildman–Crippen LogP) is 4.97. The molecule has 0 saturated carbocycles. The number of esters is 1. The van der Waals surface area contributed by atoms with E-state index in [2.05, 4.69) is 15.9 Å². The maximum absolute atomic E-state index is 13.3. The highest BCUT2D eigenvalue weighted by Gasteiger charge is 2.17. The van der Waals surface area contributed by atoms with Gasteiger partial charge in [-0.15, -0.1) is 0 Å². The number of hydrogen-bond donors (Lipinski definition) is 0. The molecule has 0 aliphatic heterocycles. The Balaban J connectivity index is 2.08. The van der Waals surface area contributed by atoms with Crippen LogP contribution in [-0.2, 0) is 9.53 Å². The van der Waals surface area contributed by atoms with Crippen molar-refractivity contribution in [3.63, 3.8) is 0 Å². The average molecular weight is 461 g/mol. The van der Waals surface area contributed by atoms with Crippen molar-refractivity contribution in [1.29, 1.82) is 0 Å². The average Bonchev–Trinajstić information content (AvgIpc) is 2.67. The molecule has 0 bridgehead atoms. The van der Waals surface area contributed by atoms with Crippen LogP contribution in [0.5, 0.6) is 0 Å². The first-order chi connectivity index (χ1) is 13.4. The van der Waals surface area contributed by atoms with Crippen LogP contribution in [-0.4, -0.2) is 41.0 Å². The van der Waals surface area contributed by atoms with Gasteiger partial charge in [0.05, 0.1) is 17.8 Å². The highest BCUT2D eigenvalue weighted by atomic mass is 79.9. The van der Waals surface area contributed by atoms with E-state index < -0.39 is 0 Å². The molecule has 0 N–H and O–H groups in total. The second kappa shape index (κ2) is 8.75. The van der Waals surface area contributed by atoms with Gasteiger partial charge in [0.1, 0.15) is 17.4 Å². The Kier molecular flexibility index (Phi) is 6.36. The van der Waals surface area contributed by atoms with Crippen molar-refractivity contribution >= 4 is 50.0 Å². The number of hydrogen-bond acceptors (Lipinski definition) is 4. The molecule has 0 aliphatic rings. The van der Waals surface area contributed by atoms with E-state index in [1.54, 1.807) is 31.0 Å². The summed E-state index contributed by atoms with van der Waals surface area (Å²) in [7, 11) is 1.75. The van der Waals surface area contributed by atoms with Crippen LogP contribution in [0.3, 0.4) is 0 Å². The Labute approximate surface area is 176 Å². The summed E-state index contributed by atoms with van der Waals surface area (Å²) in [5.41, 5.74) is 2.99. The smallest absolute Gasteiger partial charge is 0.325 e. The molecule has 0 atom stereocenters. The Hall–Kier alpha value is -2.38. The van der Waals surface area contributed by atoms with Gasteiger partial charge in [-0.3, -0.25) is 4.79 Å². The summed E-state index contributed by atoms with van der Waals surface area (Å²) in [4.78, 5) is 18.7. The third-order valence-electron chi connectivity index (χ3n) is 4.16. The molecule has 4 nitrogen and oxygen atoms in total. The van der Waals surface area contributed by atoms with Gasteiger partial charge in [-0.1, -0.05) is 28.1 Å². The van der Waals surface area contributed by atoms with Gasteiger partial charge in [0, 0.05) is 28.0 Å². The molecule has 0 spiro atoms. The van der Waals surface area contributed by atoms with Crippen LogP contribution in [0.4, 0.5) is 4.39 Å². The van der Waals surface area contributed by atoms with Crippen LogP contribution in [0.1, 0.15) is 12.5 Å². The third kappa shape index (κ3) is 4.54. The summed E-state index contributed by atoms with van der Waals surface area (Å²) in [6, 6.07) is 13.8. The van der Waals surface area contributed by atoms with Crippen LogP contribution >= 0.6 is 28.1 Å². The summed E-state index contributed by atoms with van der Waals surface area (Å²) in [5.74, 6) is -0.649. The second-order valence-corrected chi connectivity index (χ2v) is 7.49. The molecule has 2 aromatic carbocycles. The quantitative estimate of drug-likeness (QED) is 0.397. The summed E-state index contributed by atoms with van der Waals surface area (Å²) >= 11 is 9.15. The summed E-state index contributed by atoms with van der Waals surface area (Å²) in [6.45, 7) is 2.13. The lowest BCUT2D eigenvalue weighted by molar-refractivity contribution is -0.143. The lowest BCUT2D eigenvalue weighted by Gasteiger charge is -2.21. The topological polar surface area (TPSA) is 42.4 Å². The predicted molar refractivity (Wildman–Crippen MR) is 116 cm³/mol. The summed E-state index contributed by atoms with van der Waals surface area (Å²) in [6.07, 6.45) is 0. The summed E-state index contributed by atoms with van der Waals surface area (Å²) in [5, 5.41) is 0.862. The highest BCUT2D eigenvalue weighted by molar-refractivity contribution is 9.10. The minimum absolute atomic E-state index is 0.0520. The largest absolute Gasteiger partial charge is 0.465 e. The zero-order valence-corrected chi connectivity index (χ0v) is 17.8. The van der Waals surface area contributed by atoms with Gasteiger partial charge in [-0.05, 0) is 55.5 Å². The van der Waals surface area contributed by atoms with Crippen molar-refractivity contribution in [2.45, 2.75) is 6.92 Å². The number of likely N-dealkylation sites (N-methyl/N-ethyl adjacent to an activating group) is 1. The first-order valence-corrected chi connectivity index (χ1v) is 9.86. The number of rotatable bonds is 5. The molecule has 1 aromatic heterocycles. The molecule has 1 heterocycles. The lowest BCUT2D eigenvalue weighted by Crippen LogP contribution is -2.32. The normalized spacial score (nSPS) is 10.7. The SMILES string of the molecule is CCOC(=O)CN(C)C(=S)c1cc(-c2ccc(F)cc2)nc2ccc(Br)cc12. The lowest BCUT2D eigenvalue weighted by atomic mass is 10.0. The van der Waals surface area contributed by atoms with Crippen LogP contribution < -0.4 is 0 Å². The van der Waals surface area contributed by atoms with Crippen molar-refractivity contribution in [1.82, 2.24) is 9.88 Å². The Morgan fingerprint density at radius 2 is 1.93 bits per heavy atom. The summed E-state index contributed by atoms with van der Waals surface area (Å²) < 4.78 is 19.2. The molecule has 28 heavy (non-hydrogen) atoms. The molecular formula is C21H18BrFN2O2S. The Morgan fingerprint density at radius 1 is 1.21 bits per heavy atom. The fourth-order valence-electron chi connectivity index (χ4n) is 2.82. The van der Waals surface area contributed by atoms with Gasteiger partial charge >= 0.3 is 5.97 Å². The number of aromatic nitrogens is 1. The van der Waals surface area contributed by atoms with Crippen molar-refractivity contribution in [3.05, 3.63) is 64.4 Å². The molecule has 0 fully saturated rings. The molecule has 0 amide bonds. The first kappa shape index (κ1) is 20.4. The number of nitrogens with zero attached hydrogens (tertiary/aromatic N) is 2. The Bertz CT molecular complexity index is 1040. The fourth-order valence-corrected chi connectivity index (χ4v) is 3.42. The number of carbonyl (C=O) groups is 1. The van der Waals surface area contributed by atoms with E-state index in [0.29, 0.717) is 17.3 Å². The molecule has 0 aliphatic carbocycles. The van der Waals surface area contributed by atoms with E-state index in [4.69, 9.17) is 21.9 Å². The maximum atomic E-state index is 13.3. The van der Waals surface area contributed by atoms with Gasteiger partial charge in [0.15, 0.2) is 0 Å². The first-order valence-electron chi connectivity index (χ1n) is 8.66. The minimum Gasteiger partial charge on any atom is -0.465 e. The van der Waals surface area contributed by atoms with E-state index in [-0.39, 0.29) is 18.3 Å². The molecule has 144 valence electrons. The number of halogens is 2. The Morgan fingerprint density at radius 3 is 2.61 bits per heavy atom. The second-order valence-electron chi connectivity index (χ2n) is 6.19. The number of pyridine rings is 1. The van der Waals surface area contributed by atoms with Crippen molar-refractivity contribution in [2.24, 2.45) is 0 Å². The molecule has 0 radical (unpaired) electrons. The third-order valence-corrected chi connectivity index (χ3v) is 5.18. The van der Waals surface area contributed by atoms with Gasteiger partial charge in [0.25, 0.3) is 0 Å². The monoisotopic (exact) mass is 460 g/mol. The highest BCUT2D eigenvalue weighted by Crippen LogP contribution is 2.28. The van der Waals surface area contributed by atoms with E-state index in [9.17, 15) is 9.18 Å². The molecule has 7 heteroatoms. The van der Waals surface area contributed by atoms with E-state index in [1.165, 1.54) is 12.1 Å². The zero-order valence-electron chi connectivity index (χ0n) is 15.4. The van der Waals surface area contributed by atoms with Gasteiger partial charge in [-0.25, -0.2) is 9.37 Å². The van der Waals surface area contributed by atoms with Crippen LogP contribution in [0.25, 0.3) is 22.2 Å². The fraction of sp³-hybridized carbons (Fsp3) is 0.190. The number of thiocarbonyl (C=S) groups is 1. The van der Waals surface area contributed by atoms with Crippen LogP contribution in [0, 0.1) is 5.82 Å². The van der Waals surface area contributed by atoms with Crippen LogP contribution in [0.15, 0.2) is 53.0 Å². The van der Waals surface area contributed by atoms with Crippen LogP contribution in [0.2, 0.25) is 0 Å². The molecule has 3 rings (SSSR count). The molecule has 0 saturated heterocycles. The van der Waals surface area contributed by atoms with E-state index in [1.807, 2.05) is 24.3 Å².